The van der Waals surface area contributed by atoms with E-state index in [1.807, 2.05) is 0 Å². The van der Waals surface area contributed by atoms with Gasteiger partial charge in [0.15, 0.2) is 0 Å². The third kappa shape index (κ3) is 8.18. The molecule has 0 fully saturated rings. The summed E-state index contributed by atoms with van der Waals surface area (Å²) in [6, 6.07) is 0. The zero-order valence-corrected chi connectivity index (χ0v) is 8.84. The van der Waals surface area contributed by atoms with Crippen LogP contribution >= 0.6 is 0 Å². The molecule has 0 saturated carbocycles. The second kappa shape index (κ2) is 9.92. The quantitative estimate of drug-likeness (QED) is 0.531. The molecule has 4 nitrogen and oxygen atoms in total. The normalized spacial score (nSPS) is 13.2. The van der Waals surface area contributed by atoms with E-state index < -0.39 is 0 Å². The molecule has 1 unspecified atom stereocenters. The summed E-state index contributed by atoms with van der Waals surface area (Å²) in [6.07, 6.45) is 1.17. The molecule has 13 heavy (non-hydrogen) atoms. The number of ether oxygens (including phenoxy) is 3. The Kier molecular flexibility index (Phi) is 9.80. The van der Waals surface area contributed by atoms with Crippen molar-refractivity contribution in [2.75, 3.05) is 47.6 Å². The van der Waals surface area contributed by atoms with Gasteiger partial charge in [-0.25, -0.2) is 0 Å². The van der Waals surface area contributed by atoms with Gasteiger partial charge in [-0.3, -0.25) is 0 Å². The van der Waals surface area contributed by atoms with Crippen LogP contribution in [0.15, 0.2) is 0 Å². The summed E-state index contributed by atoms with van der Waals surface area (Å²) in [6.45, 7) is 3.22. The van der Waals surface area contributed by atoms with Crippen LogP contribution in [0.2, 0.25) is 0 Å². The van der Waals surface area contributed by atoms with Crippen molar-refractivity contribution in [2.45, 2.75) is 12.5 Å². The van der Waals surface area contributed by atoms with E-state index in [2.05, 4.69) is 5.32 Å². The summed E-state index contributed by atoms with van der Waals surface area (Å²) in [7, 11) is 5.08. The maximum atomic E-state index is 5.18. The minimum atomic E-state index is 0.146. The first-order valence-corrected chi connectivity index (χ1v) is 4.56. The molecule has 0 heterocycles. The Morgan fingerprint density at radius 1 is 1.15 bits per heavy atom. The summed E-state index contributed by atoms with van der Waals surface area (Å²) < 4.78 is 15.1. The Balaban J connectivity index is 3.17. The molecule has 0 aliphatic carbocycles. The lowest BCUT2D eigenvalue weighted by Crippen LogP contribution is -2.32. The number of hydrogen-bond donors (Lipinski definition) is 1. The van der Waals surface area contributed by atoms with Crippen molar-refractivity contribution in [3.05, 3.63) is 0 Å². The van der Waals surface area contributed by atoms with Crippen molar-refractivity contribution in [3.63, 3.8) is 0 Å². The van der Waals surface area contributed by atoms with E-state index in [0.29, 0.717) is 6.61 Å². The first-order chi connectivity index (χ1) is 6.35. The van der Waals surface area contributed by atoms with Crippen LogP contribution in [0.25, 0.3) is 0 Å². The van der Waals surface area contributed by atoms with Crippen LogP contribution in [0.4, 0.5) is 0 Å². The molecule has 0 amide bonds. The van der Waals surface area contributed by atoms with Crippen LogP contribution < -0.4 is 5.32 Å². The van der Waals surface area contributed by atoms with Crippen LogP contribution in [-0.4, -0.2) is 53.7 Å². The maximum Gasteiger partial charge on any atom is 0.0928 e. The molecule has 0 spiro atoms. The van der Waals surface area contributed by atoms with E-state index in [0.717, 1.165) is 26.1 Å². The largest absolute Gasteiger partial charge is 0.385 e. The molecular formula is C9H21NO3. The summed E-state index contributed by atoms with van der Waals surface area (Å²) in [4.78, 5) is 0. The van der Waals surface area contributed by atoms with Gasteiger partial charge >= 0.3 is 0 Å². The van der Waals surface area contributed by atoms with E-state index in [-0.39, 0.29) is 6.10 Å². The fraction of sp³-hybridized carbons (Fsp3) is 1.00. The molecule has 0 aromatic carbocycles. The maximum absolute atomic E-state index is 5.18. The molecule has 4 heteroatoms. The third-order valence-corrected chi connectivity index (χ3v) is 1.76. The minimum absolute atomic E-state index is 0.146. The van der Waals surface area contributed by atoms with E-state index in [1.165, 1.54) is 0 Å². The Hall–Kier alpha value is -0.160. The first-order valence-electron chi connectivity index (χ1n) is 4.56. The van der Waals surface area contributed by atoms with Gasteiger partial charge in [0, 0.05) is 34.5 Å². The Morgan fingerprint density at radius 2 is 1.92 bits per heavy atom. The van der Waals surface area contributed by atoms with E-state index >= 15 is 0 Å². The van der Waals surface area contributed by atoms with Gasteiger partial charge in [0.1, 0.15) is 0 Å². The number of rotatable bonds is 9. The lowest BCUT2D eigenvalue weighted by molar-refractivity contribution is 0.0288. The molecule has 0 saturated heterocycles. The zero-order valence-electron chi connectivity index (χ0n) is 8.84. The SMILES string of the molecule is COCCCNCC(COC)OC. The van der Waals surface area contributed by atoms with Gasteiger partial charge in [-0.2, -0.15) is 0 Å². The summed E-state index contributed by atoms with van der Waals surface area (Å²) in [5, 5.41) is 3.27. The zero-order chi connectivity index (χ0) is 9.94. The van der Waals surface area contributed by atoms with E-state index in [1.54, 1.807) is 21.3 Å². The third-order valence-electron chi connectivity index (χ3n) is 1.76. The molecule has 0 radical (unpaired) electrons. The van der Waals surface area contributed by atoms with E-state index in [4.69, 9.17) is 14.2 Å². The van der Waals surface area contributed by atoms with Crippen molar-refractivity contribution in [3.8, 4) is 0 Å². The van der Waals surface area contributed by atoms with Crippen molar-refractivity contribution >= 4 is 0 Å². The topological polar surface area (TPSA) is 39.7 Å². The molecule has 0 aliphatic heterocycles. The summed E-state index contributed by atoms with van der Waals surface area (Å²) in [5.74, 6) is 0. The van der Waals surface area contributed by atoms with Crippen molar-refractivity contribution in [2.24, 2.45) is 0 Å². The van der Waals surface area contributed by atoms with Crippen molar-refractivity contribution in [1.29, 1.82) is 0 Å². The van der Waals surface area contributed by atoms with E-state index in [9.17, 15) is 0 Å². The highest BCUT2D eigenvalue weighted by atomic mass is 16.5. The average molecular weight is 191 g/mol. The molecule has 0 aromatic heterocycles. The predicted octanol–water partition coefficient (Wildman–Crippen LogP) is 0.274. The van der Waals surface area contributed by atoms with Crippen LogP contribution in [0, 0.1) is 0 Å². The van der Waals surface area contributed by atoms with Crippen LogP contribution in [-0.2, 0) is 14.2 Å². The van der Waals surface area contributed by atoms with Crippen LogP contribution in [0.5, 0.6) is 0 Å². The molecule has 1 atom stereocenters. The second-order valence-electron chi connectivity index (χ2n) is 2.86. The Bertz CT molecular complexity index is 101. The molecule has 0 bridgehead atoms. The van der Waals surface area contributed by atoms with Gasteiger partial charge in [-0.15, -0.1) is 0 Å². The molecule has 0 aromatic rings. The van der Waals surface area contributed by atoms with Crippen molar-refractivity contribution < 1.29 is 14.2 Å². The first kappa shape index (κ1) is 12.8. The Labute approximate surface area is 80.5 Å². The smallest absolute Gasteiger partial charge is 0.0928 e. The number of nitrogens with one attached hydrogen (secondary N) is 1. The number of methoxy groups -OCH3 is 3. The summed E-state index contributed by atoms with van der Waals surface area (Å²) in [5.41, 5.74) is 0. The second-order valence-corrected chi connectivity index (χ2v) is 2.86. The lowest BCUT2D eigenvalue weighted by atomic mass is 10.3. The average Bonchev–Trinajstić information content (AvgIpc) is 2.16. The molecule has 0 rings (SSSR count). The fourth-order valence-electron chi connectivity index (χ4n) is 1.00. The minimum Gasteiger partial charge on any atom is -0.385 e. The fourth-order valence-corrected chi connectivity index (χ4v) is 1.00. The van der Waals surface area contributed by atoms with Gasteiger partial charge in [-0.1, -0.05) is 0 Å². The monoisotopic (exact) mass is 191 g/mol. The van der Waals surface area contributed by atoms with Gasteiger partial charge in [-0.05, 0) is 13.0 Å². The molecular weight excluding hydrogens is 170 g/mol. The Morgan fingerprint density at radius 3 is 2.46 bits per heavy atom. The number of hydrogen-bond acceptors (Lipinski definition) is 4. The van der Waals surface area contributed by atoms with Gasteiger partial charge in [0.25, 0.3) is 0 Å². The molecule has 0 aliphatic rings. The standard InChI is InChI=1S/C9H21NO3/c1-11-6-4-5-10-7-9(13-3)8-12-2/h9-10H,4-8H2,1-3H3. The van der Waals surface area contributed by atoms with Crippen molar-refractivity contribution in [1.82, 2.24) is 5.32 Å². The highest BCUT2D eigenvalue weighted by Crippen LogP contribution is 1.88. The van der Waals surface area contributed by atoms with Crippen LogP contribution in [0.3, 0.4) is 0 Å². The van der Waals surface area contributed by atoms with Gasteiger partial charge in [0.2, 0.25) is 0 Å². The van der Waals surface area contributed by atoms with Gasteiger partial charge in [0.05, 0.1) is 12.7 Å². The molecule has 1 N–H and O–H groups in total. The highest BCUT2D eigenvalue weighted by molar-refractivity contribution is 4.59. The summed E-state index contributed by atoms with van der Waals surface area (Å²) >= 11 is 0. The predicted molar refractivity (Wildman–Crippen MR) is 52.0 cm³/mol. The van der Waals surface area contributed by atoms with Gasteiger partial charge < -0.3 is 19.5 Å². The van der Waals surface area contributed by atoms with Crippen LogP contribution in [0.1, 0.15) is 6.42 Å². The lowest BCUT2D eigenvalue weighted by Gasteiger charge is -2.14. The highest BCUT2D eigenvalue weighted by Gasteiger charge is 2.04. The molecule has 80 valence electrons.